The summed E-state index contributed by atoms with van der Waals surface area (Å²) in [5, 5.41) is 9.55. The van der Waals surface area contributed by atoms with Gasteiger partial charge in [-0.15, -0.1) is 0 Å². The molecule has 4 nitrogen and oxygen atoms in total. The molecule has 1 rings (SSSR count). The number of aliphatic hydroxyl groups is 1. The molecule has 2 atom stereocenters. The first-order valence-electron chi connectivity index (χ1n) is 5.80. The number of nitrogens with zero attached hydrogens (tertiary/aromatic N) is 1. The molecule has 0 aromatic rings. The highest BCUT2D eigenvalue weighted by atomic mass is 16.3. The number of primary amides is 1. The number of hydrogen-bond acceptors (Lipinski definition) is 3. The van der Waals surface area contributed by atoms with Crippen molar-refractivity contribution in [3.63, 3.8) is 0 Å². The van der Waals surface area contributed by atoms with Gasteiger partial charge in [0, 0.05) is 19.5 Å². The second-order valence-corrected chi connectivity index (χ2v) is 4.50. The van der Waals surface area contributed by atoms with Crippen LogP contribution in [-0.4, -0.2) is 41.7 Å². The fourth-order valence-electron chi connectivity index (χ4n) is 2.20. The zero-order valence-electron chi connectivity index (χ0n) is 9.48. The average molecular weight is 214 g/mol. The molecule has 0 radical (unpaired) electrons. The molecule has 3 N–H and O–H groups in total. The van der Waals surface area contributed by atoms with Crippen LogP contribution in [0.1, 0.15) is 32.6 Å². The Kier molecular flexibility index (Phi) is 5.05. The molecule has 1 aliphatic heterocycles. The second-order valence-electron chi connectivity index (χ2n) is 4.50. The van der Waals surface area contributed by atoms with Gasteiger partial charge in [-0.3, -0.25) is 4.79 Å². The molecule has 88 valence electrons. The molecule has 1 amide bonds. The minimum absolute atomic E-state index is 0.210. The Balaban J connectivity index is 2.31. The van der Waals surface area contributed by atoms with Crippen molar-refractivity contribution in [1.29, 1.82) is 0 Å². The van der Waals surface area contributed by atoms with Gasteiger partial charge in [0.25, 0.3) is 0 Å². The lowest BCUT2D eigenvalue weighted by atomic mass is 9.94. The molecule has 4 heteroatoms. The molecular formula is C11H22N2O2. The van der Waals surface area contributed by atoms with Gasteiger partial charge in [-0.1, -0.05) is 6.92 Å². The van der Waals surface area contributed by atoms with Crippen LogP contribution in [0.4, 0.5) is 0 Å². The fraction of sp³-hybridized carbons (Fsp3) is 0.909. The number of carbonyl (C=O) groups is 1. The van der Waals surface area contributed by atoms with E-state index in [0.29, 0.717) is 12.3 Å². The summed E-state index contributed by atoms with van der Waals surface area (Å²) in [5.41, 5.74) is 5.19. The summed E-state index contributed by atoms with van der Waals surface area (Å²) in [6.07, 6.45) is 3.23. The highest BCUT2D eigenvalue weighted by Gasteiger charge is 2.22. The first-order valence-corrected chi connectivity index (χ1v) is 5.80. The van der Waals surface area contributed by atoms with E-state index >= 15 is 0 Å². The summed E-state index contributed by atoms with van der Waals surface area (Å²) >= 11 is 0. The highest BCUT2D eigenvalue weighted by Crippen LogP contribution is 2.19. The molecule has 1 aliphatic rings. The fourth-order valence-corrected chi connectivity index (χ4v) is 2.20. The molecule has 1 heterocycles. The molecule has 0 saturated carbocycles. The lowest BCUT2D eigenvalue weighted by Gasteiger charge is -2.33. The van der Waals surface area contributed by atoms with E-state index in [2.05, 4.69) is 4.90 Å². The maximum Gasteiger partial charge on any atom is 0.217 e. The predicted octanol–water partition coefficient (Wildman–Crippen LogP) is 0.345. The third kappa shape index (κ3) is 4.62. The van der Waals surface area contributed by atoms with Crippen molar-refractivity contribution in [1.82, 2.24) is 4.90 Å². The van der Waals surface area contributed by atoms with Crippen LogP contribution in [0.5, 0.6) is 0 Å². The van der Waals surface area contributed by atoms with Gasteiger partial charge < -0.3 is 15.7 Å². The topological polar surface area (TPSA) is 66.6 Å². The monoisotopic (exact) mass is 214 g/mol. The van der Waals surface area contributed by atoms with Crippen LogP contribution in [-0.2, 0) is 4.79 Å². The van der Waals surface area contributed by atoms with Crippen molar-refractivity contribution in [3.05, 3.63) is 0 Å². The number of rotatable bonds is 5. The van der Waals surface area contributed by atoms with Gasteiger partial charge in [-0.25, -0.2) is 0 Å². The Bertz CT molecular complexity index is 209. The molecule has 0 aromatic carbocycles. The zero-order chi connectivity index (χ0) is 11.3. The maximum absolute atomic E-state index is 10.8. The molecular weight excluding hydrogens is 192 g/mol. The summed E-state index contributed by atoms with van der Waals surface area (Å²) in [5.74, 6) is 0.179. The third-order valence-corrected chi connectivity index (χ3v) is 3.03. The van der Waals surface area contributed by atoms with E-state index in [-0.39, 0.29) is 12.0 Å². The Morgan fingerprint density at radius 2 is 2.40 bits per heavy atom. The van der Waals surface area contributed by atoms with Crippen LogP contribution in [0.15, 0.2) is 0 Å². The number of carbonyl (C=O) groups excluding carboxylic acids is 1. The number of aliphatic hydroxyl groups excluding tert-OH is 1. The highest BCUT2D eigenvalue weighted by molar-refractivity contribution is 5.74. The number of piperidine rings is 1. The SMILES string of the molecule is CCC(O)CN1CCCC(CC(N)=O)C1. The lowest BCUT2D eigenvalue weighted by molar-refractivity contribution is -0.119. The zero-order valence-corrected chi connectivity index (χ0v) is 9.48. The van der Waals surface area contributed by atoms with Crippen molar-refractivity contribution in [2.45, 2.75) is 38.7 Å². The molecule has 0 aliphatic carbocycles. The Labute approximate surface area is 91.4 Å². The maximum atomic E-state index is 10.8. The molecule has 2 unspecified atom stereocenters. The normalized spacial score (nSPS) is 25.1. The number of hydrogen-bond donors (Lipinski definition) is 2. The summed E-state index contributed by atoms with van der Waals surface area (Å²) in [7, 11) is 0. The minimum Gasteiger partial charge on any atom is -0.392 e. The van der Waals surface area contributed by atoms with Crippen LogP contribution in [0.3, 0.4) is 0 Å². The molecule has 15 heavy (non-hydrogen) atoms. The van der Waals surface area contributed by atoms with Crippen LogP contribution in [0.25, 0.3) is 0 Å². The number of nitrogens with two attached hydrogens (primary N) is 1. The smallest absolute Gasteiger partial charge is 0.217 e. The molecule has 0 bridgehead atoms. The van der Waals surface area contributed by atoms with Gasteiger partial charge in [0.1, 0.15) is 0 Å². The van der Waals surface area contributed by atoms with E-state index in [4.69, 9.17) is 5.73 Å². The number of amides is 1. The molecule has 1 fully saturated rings. The quantitative estimate of drug-likeness (QED) is 0.693. The van der Waals surface area contributed by atoms with Crippen LogP contribution < -0.4 is 5.73 Å². The first kappa shape index (κ1) is 12.5. The lowest BCUT2D eigenvalue weighted by Crippen LogP contribution is -2.41. The minimum atomic E-state index is -0.239. The standard InChI is InChI=1S/C11H22N2O2/c1-2-10(14)8-13-5-3-4-9(7-13)6-11(12)15/h9-10,14H,2-8H2,1H3,(H2,12,15). The first-order chi connectivity index (χ1) is 7.11. The van der Waals surface area contributed by atoms with E-state index in [1.165, 1.54) is 0 Å². The van der Waals surface area contributed by atoms with E-state index in [1.807, 2.05) is 6.92 Å². The van der Waals surface area contributed by atoms with Gasteiger partial charge >= 0.3 is 0 Å². The van der Waals surface area contributed by atoms with E-state index in [0.717, 1.165) is 38.9 Å². The Morgan fingerprint density at radius 3 is 3.00 bits per heavy atom. The summed E-state index contributed by atoms with van der Waals surface area (Å²) in [6, 6.07) is 0. The van der Waals surface area contributed by atoms with E-state index < -0.39 is 0 Å². The molecule has 0 aromatic heterocycles. The van der Waals surface area contributed by atoms with Crippen molar-refractivity contribution in [2.75, 3.05) is 19.6 Å². The van der Waals surface area contributed by atoms with Gasteiger partial charge in [-0.2, -0.15) is 0 Å². The average Bonchev–Trinajstić information content (AvgIpc) is 2.17. The summed E-state index contributed by atoms with van der Waals surface area (Å²) < 4.78 is 0. The molecule has 0 spiro atoms. The van der Waals surface area contributed by atoms with E-state index in [1.54, 1.807) is 0 Å². The van der Waals surface area contributed by atoms with Crippen LogP contribution in [0, 0.1) is 5.92 Å². The van der Waals surface area contributed by atoms with Gasteiger partial charge in [0.2, 0.25) is 5.91 Å². The van der Waals surface area contributed by atoms with Crippen molar-refractivity contribution in [3.8, 4) is 0 Å². The van der Waals surface area contributed by atoms with Gasteiger partial charge in [-0.05, 0) is 31.7 Å². The summed E-state index contributed by atoms with van der Waals surface area (Å²) in [6.45, 7) is 4.65. The van der Waals surface area contributed by atoms with Crippen LogP contribution >= 0.6 is 0 Å². The summed E-state index contributed by atoms with van der Waals surface area (Å²) in [4.78, 5) is 13.0. The molecule has 1 saturated heterocycles. The largest absolute Gasteiger partial charge is 0.392 e. The third-order valence-electron chi connectivity index (χ3n) is 3.03. The van der Waals surface area contributed by atoms with Crippen LogP contribution in [0.2, 0.25) is 0 Å². The number of β-amino-alcohol motifs (C(OH)–C–C–N with tert-alkyl or cyclic N) is 1. The van der Waals surface area contributed by atoms with Crippen molar-refractivity contribution in [2.24, 2.45) is 11.7 Å². The van der Waals surface area contributed by atoms with E-state index in [9.17, 15) is 9.90 Å². The Hall–Kier alpha value is -0.610. The van der Waals surface area contributed by atoms with Crippen molar-refractivity contribution >= 4 is 5.91 Å². The van der Waals surface area contributed by atoms with Crippen molar-refractivity contribution < 1.29 is 9.90 Å². The predicted molar refractivity (Wildman–Crippen MR) is 59.3 cm³/mol. The Morgan fingerprint density at radius 1 is 1.67 bits per heavy atom. The van der Waals surface area contributed by atoms with Gasteiger partial charge in [0.15, 0.2) is 0 Å². The van der Waals surface area contributed by atoms with Gasteiger partial charge in [0.05, 0.1) is 6.10 Å². The second kappa shape index (κ2) is 6.08. The number of likely N-dealkylation sites (tertiary alicyclic amines) is 1.